The van der Waals surface area contributed by atoms with Crippen LogP contribution in [-0.4, -0.2) is 33.7 Å². The molecule has 66 valence electrons. The van der Waals surface area contributed by atoms with Crippen molar-refractivity contribution < 1.29 is 0 Å². The summed E-state index contributed by atoms with van der Waals surface area (Å²) in [6, 6.07) is 0.669. The van der Waals surface area contributed by atoms with Crippen molar-refractivity contribution in [2.45, 2.75) is 29.7 Å². The predicted octanol–water partition coefficient (Wildman–Crippen LogP) is 2.20. The van der Waals surface area contributed by atoms with Crippen molar-refractivity contribution in [1.82, 2.24) is 4.90 Å². The van der Waals surface area contributed by atoms with Gasteiger partial charge in [-0.05, 0) is 32.9 Å². The highest BCUT2D eigenvalue weighted by atomic mass is 127. The number of likely N-dealkylation sites (tertiary alicyclic amines) is 1. The molecule has 1 fully saturated rings. The molecule has 1 aliphatic rings. The molecule has 1 rings (SSSR count). The average molecular weight is 285 g/mol. The van der Waals surface area contributed by atoms with Crippen LogP contribution < -0.4 is 0 Å². The van der Waals surface area contributed by atoms with Crippen molar-refractivity contribution in [2.75, 3.05) is 18.8 Å². The summed E-state index contributed by atoms with van der Waals surface area (Å²) in [6.07, 6.45) is 2.72. The van der Waals surface area contributed by atoms with E-state index in [0.29, 0.717) is 6.04 Å². The van der Waals surface area contributed by atoms with Gasteiger partial charge in [0.05, 0.1) is 0 Å². The van der Waals surface area contributed by atoms with E-state index in [4.69, 9.17) is 0 Å². The summed E-state index contributed by atoms with van der Waals surface area (Å²) in [5, 5.41) is 0. The molecule has 0 aromatic carbocycles. The lowest BCUT2D eigenvalue weighted by atomic mass is 10.1. The Morgan fingerprint density at radius 2 is 2.09 bits per heavy atom. The summed E-state index contributed by atoms with van der Waals surface area (Å²) in [5.41, 5.74) is 0. The predicted molar refractivity (Wildman–Crippen MR) is 61.9 cm³/mol. The second kappa shape index (κ2) is 4.92. The van der Waals surface area contributed by atoms with Crippen LogP contribution in [-0.2, 0) is 0 Å². The normalized spacial score (nSPS) is 25.4. The van der Waals surface area contributed by atoms with Gasteiger partial charge in [0, 0.05) is 15.7 Å². The van der Waals surface area contributed by atoms with Gasteiger partial charge in [-0.15, -0.1) is 0 Å². The van der Waals surface area contributed by atoms with Gasteiger partial charge in [0.1, 0.15) is 0 Å². The standard InChI is InChI=1S/C8H16INS/c1-7(6-11)10-4-2-8(9)3-5-10/h7-8,11H,2-6H2,1H3. The molecule has 3 heteroatoms. The number of halogens is 1. The third-order valence-electron chi connectivity index (χ3n) is 2.35. The molecule has 0 aliphatic carbocycles. The smallest absolute Gasteiger partial charge is 0.0155 e. The lowest BCUT2D eigenvalue weighted by Crippen LogP contribution is -2.40. The molecule has 0 radical (unpaired) electrons. The van der Waals surface area contributed by atoms with Gasteiger partial charge in [-0.2, -0.15) is 12.6 Å². The molecule has 1 aliphatic heterocycles. The first-order valence-corrected chi connectivity index (χ1v) is 6.11. The maximum Gasteiger partial charge on any atom is 0.0155 e. The zero-order chi connectivity index (χ0) is 8.27. The quantitative estimate of drug-likeness (QED) is 0.462. The van der Waals surface area contributed by atoms with E-state index in [2.05, 4.69) is 47.0 Å². The van der Waals surface area contributed by atoms with Crippen molar-refractivity contribution in [1.29, 1.82) is 0 Å². The minimum absolute atomic E-state index is 0.669. The van der Waals surface area contributed by atoms with Crippen LogP contribution in [0.25, 0.3) is 0 Å². The number of thiol groups is 1. The Morgan fingerprint density at radius 3 is 2.55 bits per heavy atom. The maximum atomic E-state index is 4.30. The molecule has 1 saturated heterocycles. The molecule has 1 nitrogen and oxygen atoms in total. The molecule has 1 atom stereocenters. The number of piperidine rings is 1. The van der Waals surface area contributed by atoms with Gasteiger partial charge < -0.3 is 0 Å². The van der Waals surface area contributed by atoms with E-state index in [0.717, 1.165) is 9.68 Å². The van der Waals surface area contributed by atoms with E-state index in [9.17, 15) is 0 Å². The van der Waals surface area contributed by atoms with Crippen molar-refractivity contribution in [3.63, 3.8) is 0 Å². The number of hydrogen-bond acceptors (Lipinski definition) is 2. The molecule has 11 heavy (non-hydrogen) atoms. The maximum absolute atomic E-state index is 4.30. The molecule has 1 unspecified atom stereocenters. The summed E-state index contributed by atoms with van der Waals surface area (Å²) in [4.78, 5) is 2.54. The molecular weight excluding hydrogens is 269 g/mol. The van der Waals surface area contributed by atoms with Gasteiger partial charge in [0.2, 0.25) is 0 Å². The zero-order valence-electron chi connectivity index (χ0n) is 6.96. The lowest BCUT2D eigenvalue weighted by molar-refractivity contribution is 0.194. The zero-order valence-corrected chi connectivity index (χ0v) is 10.0. The molecule has 1 heterocycles. The van der Waals surface area contributed by atoms with Crippen LogP contribution in [0.4, 0.5) is 0 Å². The summed E-state index contributed by atoms with van der Waals surface area (Å²) in [7, 11) is 0. The molecule has 0 amide bonds. The van der Waals surface area contributed by atoms with Crippen LogP contribution in [0.5, 0.6) is 0 Å². The van der Waals surface area contributed by atoms with Crippen LogP contribution in [0.2, 0.25) is 0 Å². The van der Waals surface area contributed by atoms with Gasteiger partial charge in [0.15, 0.2) is 0 Å². The van der Waals surface area contributed by atoms with Crippen LogP contribution in [0.1, 0.15) is 19.8 Å². The fraction of sp³-hybridized carbons (Fsp3) is 1.00. The number of rotatable bonds is 2. The van der Waals surface area contributed by atoms with E-state index in [-0.39, 0.29) is 0 Å². The molecule has 0 aromatic rings. The Kier molecular flexibility index (Phi) is 4.53. The fourth-order valence-electron chi connectivity index (χ4n) is 1.42. The Bertz CT molecular complexity index is 113. The van der Waals surface area contributed by atoms with Crippen molar-refractivity contribution in [2.24, 2.45) is 0 Å². The summed E-state index contributed by atoms with van der Waals surface area (Å²) in [5.74, 6) is 0.992. The van der Waals surface area contributed by atoms with E-state index < -0.39 is 0 Å². The van der Waals surface area contributed by atoms with Gasteiger partial charge in [-0.25, -0.2) is 0 Å². The largest absolute Gasteiger partial charge is 0.300 e. The molecule has 0 saturated carbocycles. The first-order chi connectivity index (χ1) is 5.24. The first-order valence-electron chi connectivity index (χ1n) is 4.23. The topological polar surface area (TPSA) is 3.24 Å². The summed E-state index contributed by atoms with van der Waals surface area (Å²) in [6.45, 7) is 4.81. The second-order valence-corrected chi connectivity index (χ2v) is 5.37. The van der Waals surface area contributed by atoms with E-state index in [1.54, 1.807) is 0 Å². The Hall–Kier alpha value is 1.04. The van der Waals surface area contributed by atoms with Crippen LogP contribution in [0.15, 0.2) is 0 Å². The average Bonchev–Trinajstić information content (AvgIpc) is 2.05. The third kappa shape index (κ3) is 3.11. The molecule has 0 bridgehead atoms. The number of nitrogens with zero attached hydrogens (tertiary/aromatic N) is 1. The Morgan fingerprint density at radius 1 is 1.55 bits per heavy atom. The number of hydrogen-bond donors (Lipinski definition) is 1. The highest BCUT2D eigenvalue weighted by molar-refractivity contribution is 14.1. The van der Waals surface area contributed by atoms with E-state index >= 15 is 0 Å². The van der Waals surface area contributed by atoms with Crippen LogP contribution in [0.3, 0.4) is 0 Å². The highest BCUT2D eigenvalue weighted by Gasteiger charge is 2.19. The minimum Gasteiger partial charge on any atom is -0.300 e. The second-order valence-electron chi connectivity index (χ2n) is 3.24. The van der Waals surface area contributed by atoms with Crippen LogP contribution in [0, 0.1) is 0 Å². The highest BCUT2D eigenvalue weighted by Crippen LogP contribution is 2.19. The van der Waals surface area contributed by atoms with E-state index in [1.165, 1.54) is 25.9 Å². The lowest BCUT2D eigenvalue weighted by Gasteiger charge is -2.33. The molecule has 0 spiro atoms. The van der Waals surface area contributed by atoms with Gasteiger partial charge in [-0.1, -0.05) is 22.6 Å². The Balaban J connectivity index is 2.27. The Labute approximate surface area is 88.5 Å². The van der Waals surface area contributed by atoms with E-state index in [1.807, 2.05) is 0 Å². The van der Waals surface area contributed by atoms with Gasteiger partial charge in [-0.3, -0.25) is 4.90 Å². The number of alkyl halides is 1. The third-order valence-corrected chi connectivity index (χ3v) is 4.12. The molecular formula is C8H16INS. The molecule has 0 aromatic heterocycles. The van der Waals surface area contributed by atoms with Crippen molar-refractivity contribution >= 4 is 35.2 Å². The van der Waals surface area contributed by atoms with Crippen LogP contribution >= 0.6 is 35.2 Å². The van der Waals surface area contributed by atoms with Crippen molar-refractivity contribution in [3.05, 3.63) is 0 Å². The molecule has 0 N–H and O–H groups in total. The monoisotopic (exact) mass is 285 g/mol. The SMILES string of the molecule is CC(CS)N1CCC(I)CC1. The van der Waals surface area contributed by atoms with Crippen molar-refractivity contribution in [3.8, 4) is 0 Å². The summed E-state index contributed by atoms with van der Waals surface area (Å²) >= 11 is 6.86. The van der Waals surface area contributed by atoms with Gasteiger partial charge in [0.25, 0.3) is 0 Å². The fourth-order valence-corrected chi connectivity index (χ4v) is 2.21. The minimum atomic E-state index is 0.669. The summed E-state index contributed by atoms with van der Waals surface area (Å²) < 4.78 is 0.913. The van der Waals surface area contributed by atoms with Gasteiger partial charge >= 0.3 is 0 Å². The first kappa shape index (κ1) is 10.1.